The predicted molar refractivity (Wildman–Crippen MR) is 112 cm³/mol. The number of nitrogens with zero attached hydrogens (tertiary/aromatic N) is 2. The molecule has 5 heteroatoms. The van der Waals surface area contributed by atoms with Crippen LogP contribution in [0.2, 0.25) is 0 Å². The number of piperidine rings is 1. The van der Waals surface area contributed by atoms with Gasteiger partial charge in [0.1, 0.15) is 0 Å². The quantitative estimate of drug-likeness (QED) is 0.874. The van der Waals surface area contributed by atoms with Crippen molar-refractivity contribution in [3.63, 3.8) is 0 Å². The molecule has 1 N–H and O–H groups in total. The molecule has 2 heterocycles. The number of rotatable bonds is 3. The Hall–Kier alpha value is -2.66. The lowest BCUT2D eigenvalue weighted by molar-refractivity contribution is 0.0396. The van der Waals surface area contributed by atoms with E-state index < -0.39 is 0 Å². The van der Waals surface area contributed by atoms with Gasteiger partial charge in [0.25, 0.3) is 11.8 Å². The maximum Gasteiger partial charge on any atom is 0.253 e. The molecular formula is C24H28N2O3. The molecule has 5 nitrogen and oxygen atoms in total. The maximum absolute atomic E-state index is 12.9. The Kier molecular flexibility index (Phi) is 5.41. The Morgan fingerprint density at radius 2 is 1.52 bits per heavy atom. The molecular weight excluding hydrogens is 364 g/mol. The molecule has 1 spiro atoms. The second-order valence-corrected chi connectivity index (χ2v) is 8.45. The maximum atomic E-state index is 12.9. The van der Waals surface area contributed by atoms with E-state index >= 15 is 0 Å². The summed E-state index contributed by atoms with van der Waals surface area (Å²) in [6, 6.07) is 17.0. The number of carbonyl (C=O) groups is 2. The summed E-state index contributed by atoms with van der Waals surface area (Å²) in [5, 5.41) is 10.0. The van der Waals surface area contributed by atoms with Crippen LogP contribution < -0.4 is 0 Å². The number of carbonyl (C=O) groups excluding carboxylic acids is 2. The van der Waals surface area contributed by atoms with Crippen molar-refractivity contribution in [1.82, 2.24) is 9.80 Å². The predicted octanol–water partition coefficient (Wildman–Crippen LogP) is 2.98. The Morgan fingerprint density at radius 3 is 2.14 bits per heavy atom. The number of hydrogen-bond acceptors (Lipinski definition) is 3. The summed E-state index contributed by atoms with van der Waals surface area (Å²) in [4.78, 5) is 29.5. The van der Waals surface area contributed by atoms with Crippen LogP contribution in [0.5, 0.6) is 0 Å². The first-order valence-electron chi connectivity index (χ1n) is 10.3. The first kappa shape index (κ1) is 19.6. The minimum Gasteiger partial charge on any atom is -0.396 e. The summed E-state index contributed by atoms with van der Waals surface area (Å²) in [6.07, 6.45) is 1.63. The highest BCUT2D eigenvalue weighted by atomic mass is 16.3. The molecule has 152 valence electrons. The molecule has 0 bridgehead atoms. The summed E-state index contributed by atoms with van der Waals surface area (Å²) >= 11 is 0. The van der Waals surface area contributed by atoms with Crippen molar-refractivity contribution in [2.24, 2.45) is 11.3 Å². The fraction of sp³-hybridized carbons (Fsp3) is 0.417. The van der Waals surface area contributed by atoms with E-state index in [0.29, 0.717) is 31.7 Å². The van der Waals surface area contributed by atoms with Gasteiger partial charge in [0, 0.05) is 49.8 Å². The van der Waals surface area contributed by atoms with Gasteiger partial charge in [0.15, 0.2) is 0 Å². The van der Waals surface area contributed by atoms with Gasteiger partial charge in [-0.1, -0.05) is 35.9 Å². The van der Waals surface area contributed by atoms with Crippen molar-refractivity contribution >= 4 is 11.8 Å². The fourth-order valence-corrected chi connectivity index (χ4v) is 4.80. The van der Waals surface area contributed by atoms with Crippen LogP contribution in [0.15, 0.2) is 54.6 Å². The normalized spacial score (nSPS) is 20.8. The van der Waals surface area contributed by atoms with Crippen molar-refractivity contribution in [1.29, 1.82) is 0 Å². The van der Waals surface area contributed by atoms with Crippen LogP contribution in [0.1, 0.15) is 39.1 Å². The van der Waals surface area contributed by atoms with Gasteiger partial charge >= 0.3 is 0 Å². The molecule has 2 fully saturated rings. The Morgan fingerprint density at radius 1 is 0.931 bits per heavy atom. The van der Waals surface area contributed by atoms with Gasteiger partial charge in [0.2, 0.25) is 0 Å². The molecule has 2 aromatic carbocycles. The highest BCUT2D eigenvalue weighted by molar-refractivity contribution is 5.95. The average Bonchev–Trinajstić information content (AvgIpc) is 3.12. The standard InChI is InChI=1S/C24H28N2O3/c1-18-7-9-20(10-8-18)22(28)25-13-11-24(12-14-25)17-26(15-21(24)16-27)23(29)19-5-3-2-4-6-19/h2-10,21,27H,11-17H2,1H3/t21-/m0/s1. The fourth-order valence-electron chi connectivity index (χ4n) is 4.80. The van der Waals surface area contributed by atoms with E-state index in [0.717, 1.165) is 24.0 Å². The van der Waals surface area contributed by atoms with Crippen molar-refractivity contribution < 1.29 is 14.7 Å². The van der Waals surface area contributed by atoms with E-state index in [1.165, 1.54) is 0 Å². The van der Waals surface area contributed by atoms with Crippen molar-refractivity contribution in [2.45, 2.75) is 19.8 Å². The zero-order valence-corrected chi connectivity index (χ0v) is 16.9. The topological polar surface area (TPSA) is 60.9 Å². The molecule has 1 atom stereocenters. The van der Waals surface area contributed by atoms with Gasteiger partial charge < -0.3 is 14.9 Å². The Bertz CT molecular complexity index is 871. The molecule has 2 aliphatic heterocycles. The van der Waals surface area contributed by atoms with Crippen LogP contribution in [-0.2, 0) is 0 Å². The van der Waals surface area contributed by atoms with Crippen LogP contribution in [0, 0.1) is 18.3 Å². The number of aliphatic hydroxyl groups is 1. The molecule has 2 aliphatic rings. The smallest absolute Gasteiger partial charge is 0.253 e. The van der Waals surface area contributed by atoms with E-state index in [-0.39, 0.29) is 29.8 Å². The van der Waals surface area contributed by atoms with Gasteiger partial charge in [-0.2, -0.15) is 0 Å². The first-order valence-corrected chi connectivity index (χ1v) is 10.3. The Labute approximate surface area is 171 Å². The molecule has 29 heavy (non-hydrogen) atoms. The zero-order chi connectivity index (χ0) is 20.4. The van der Waals surface area contributed by atoms with E-state index in [2.05, 4.69) is 0 Å². The number of hydrogen-bond donors (Lipinski definition) is 1. The molecule has 2 aromatic rings. The lowest BCUT2D eigenvalue weighted by Crippen LogP contribution is -2.47. The molecule has 0 radical (unpaired) electrons. The van der Waals surface area contributed by atoms with Crippen LogP contribution in [0.25, 0.3) is 0 Å². The SMILES string of the molecule is Cc1ccc(C(=O)N2CCC3(CC2)CN(C(=O)c2ccccc2)C[C@H]3CO)cc1. The van der Waals surface area contributed by atoms with E-state index in [1.807, 2.05) is 71.3 Å². The molecule has 0 unspecified atom stereocenters. The molecule has 2 saturated heterocycles. The summed E-state index contributed by atoms with van der Waals surface area (Å²) < 4.78 is 0. The van der Waals surface area contributed by atoms with Crippen LogP contribution in [0.4, 0.5) is 0 Å². The van der Waals surface area contributed by atoms with E-state index in [1.54, 1.807) is 0 Å². The van der Waals surface area contributed by atoms with Gasteiger partial charge in [-0.3, -0.25) is 9.59 Å². The molecule has 0 aliphatic carbocycles. The summed E-state index contributed by atoms with van der Waals surface area (Å²) in [6.45, 7) is 4.64. The molecule has 4 rings (SSSR count). The highest BCUT2D eigenvalue weighted by Gasteiger charge is 2.49. The minimum absolute atomic E-state index is 0.0269. The third-order valence-corrected chi connectivity index (χ3v) is 6.69. The van der Waals surface area contributed by atoms with E-state index in [9.17, 15) is 14.7 Å². The van der Waals surface area contributed by atoms with Crippen molar-refractivity contribution in [3.8, 4) is 0 Å². The first-order chi connectivity index (χ1) is 14.0. The van der Waals surface area contributed by atoms with Gasteiger partial charge in [0.05, 0.1) is 0 Å². The lowest BCUT2D eigenvalue weighted by Gasteiger charge is -2.42. The Balaban J connectivity index is 1.44. The van der Waals surface area contributed by atoms with Gasteiger partial charge in [-0.25, -0.2) is 0 Å². The molecule has 2 amide bonds. The summed E-state index contributed by atoms with van der Waals surface area (Å²) in [5.74, 6) is 0.154. The highest BCUT2D eigenvalue weighted by Crippen LogP contribution is 2.45. The summed E-state index contributed by atoms with van der Waals surface area (Å²) in [5.41, 5.74) is 2.44. The minimum atomic E-state index is -0.108. The molecule has 0 aromatic heterocycles. The number of benzene rings is 2. The lowest BCUT2D eigenvalue weighted by atomic mass is 9.71. The second-order valence-electron chi connectivity index (χ2n) is 8.45. The van der Waals surface area contributed by atoms with Crippen LogP contribution in [0.3, 0.4) is 0 Å². The van der Waals surface area contributed by atoms with Gasteiger partial charge in [-0.05, 0) is 49.4 Å². The third-order valence-electron chi connectivity index (χ3n) is 6.69. The zero-order valence-electron chi connectivity index (χ0n) is 16.9. The molecule has 0 saturated carbocycles. The van der Waals surface area contributed by atoms with Crippen LogP contribution in [-0.4, -0.2) is 59.5 Å². The number of aliphatic hydroxyl groups excluding tert-OH is 1. The number of likely N-dealkylation sites (tertiary alicyclic amines) is 2. The van der Waals surface area contributed by atoms with Gasteiger partial charge in [-0.15, -0.1) is 0 Å². The van der Waals surface area contributed by atoms with Crippen LogP contribution >= 0.6 is 0 Å². The van der Waals surface area contributed by atoms with Crippen molar-refractivity contribution in [2.75, 3.05) is 32.8 Å². The number of amides is 2. The monoisotopic (exact) mass is 392 g/mol. The van der Waals surface area contributed by atoms with Crippen molar-refractivity contribution in [3.05, 3.63) is 71.3 Å². The third kappa shape index (κ3) is 3.79. The summed E-state index contributed by atoms with van der Waals surface area (Å²) in [7, 11) is 0. The second kappa shape index (κ2) is 7.99. The number of aryl methyl sites for hydroxylation is 1. The van der Waals surface area contributed by atoms with E-state index in [4.69, 9.17) is 0 Å². The average molecular weight is 392 g/mol. The largest absolute Gasteiger partial charge is 0.396 e.